The number of likely N-dealkylation sites (tertiary alicyclic amines) is 1. The highest BCUT2D eigenvalue weighted by molar-refractivity contribution is 5.76. The van der Waals surface area contributed by atoms with Gasteiger partial charge in [-0.25, -0.2) is 0 Å². The summed E-state index contributed by atoms with van der Waals surface area (Å²) in [6.45, 7) is 5.10. The Hall–Kier alpha value is -3.30. The molecule has 0 bridgehead atoms. The molecule has 200 valence electrons. The molecule has 2 aliphatic heterocycles. The van der Waals surface area contributed by atoms with Gasteiger partial charge in [0.15, 0.2) is 0 Å². The molecule has 2 heterocycles. The van der Waals surface area contributed by atoms with Crippen molar-refractivity contribution in [3.8, 4) is 0 Å². The van der Waals surface area contributed by atoms with Crippen molar-refractivity contribution in [3.05, 3.63) is 63.7 Å². The minimum atomic E-state index is -4.82. The molecular weight excluding hydrogens is 485 g/mol. The third-order valence-electron chi connectivity index (χ3n) is 7.43. The van der Waals surface area contributed by atoms with Crippen LogP contribution in [0.2, 0.25) is 0 Å². The average molecular weight is 519 g/mol. The molecule has 4 rings (SSSR count). The smallest absolute Gasteiger partial charge is 0.380 e. The van der Waals surface area contributed by atoms with Gasteiger partial charge in [0.1, 0.15) is 5.56 Å². The second kappa shape index (κ2) is 11.4. The van der Waals surface area contributed by atoms with Gasteiger partial charge in [-0.15, -0.1) is 0 Å². The maximum atomic E-state index is 13.2. The molecule has 2 aromatic carbocycles. The number of rotatable bonds is 8. The minimum absolute atomic E-state index is 0.0704. The quantitative estimate of drug-likeness (QED) is 0.341. The lowest BCUT2D eigenvalue weighted by Gasteiger charge is -2.33. The lowest BCUT2D eigenvalue weighted by Crippen LogP contribution is -2.34. The van der Waals surface area contributed by atoms with E-state index in [9.17, 15) is 28.1 Å². The molecule has 0 unspecified atom stereocenters. The predicted molar refractivity (Wildman–Crippen MR) is 137 cm³/mol. The Morgan fingerprint density at radius 1 is 1.08 bits per heavy atom. The molecule has 1 amide bonds. The van der Waals surface area contributed by atoms with Gasteiger partial charge in [-0.05, 0) is 69.2 Å². The van der Waals surface area contributed by atoms with Crippen LogP contribution in [0.4, 0.5) is 30.2 Å². The molecule has 0 radical (unpaired) electrons. The van der Waals surface area contributed by atoms with E-state index in [2.05, 4.69) is 41.4 Å². The van der Waals surface area contributed by atoms with Crippen LogP contribution in [0, 0.1) is 23.0 Å². The van der Waals surface area contributed by atoms with Crippen LogP contribution in [0.15, 0.2) is 42.5 Å². The van der Waals surface area contributed by atoms with E-state index < -0.39 is 22.4 Å². The van der Waals surface area contributed by atoms with Crippen LogP contribution in [0.3, 0.4) is 0 Å². The number of anilines is 2. The largest absolute Gasteiger partial charge is 0.423 e. The number of alkyl halides is 3. The summed E-state index contributed by atoms with van der Waals surface area (Å²) >= 11 is 0. The molecule has 7 nitrogen and oxygen atoms in total. The molecular formula is C27H33F3N4O3. The third kappa shape index (κ3) is 6.93. The van der Waals surface area contributed by atoms with Gasteiger partial charge in [0.2, 0.25) is 5.91 Å². The highest BCUT2D eigenvalue weighted by Gasteiger charge is 2.38. The molecule has 37 heavy (non-hydrogen) atoms. The number of carbonyl (C=O) groups excluding carboxylic acids is 1. The Labute approximate surface area is 214 Å². The summed E-state index contributed by atoms with van der Waals surface area (Å²) in [4.78, 5) is 26.8. The normalized spacial score (nSPS) is 18.8. The lowest BCUT2D eigenvalue weighted by molar-refractivity contribution is -0.388. The molecule has 2 fully saturated rings. The Morgan fingerprint density at radius 2 is 1.78 bits per heavy atom. The first kappa shape index (κ1) is 26.8. The fraction of sp³-hybridized carbons (Fsp3) is 0.519. The Kier molecular flexibility index (Phi) is 8.24. The van der Waals surface area contributed by atoms with Crippen LogP contribution < -0.4 is 10.2 Å². The van der Waals surface area contributed by atoms with E-state index in [0.717, 1.165) is 50.9 Å². The van der Waals surface area contributed by atoms with Crippen molar-refractivity contribution >= 4 is 23.0 Å². The van der Waals surface area contributed by atoms with Gasteiger partial charge in [-0.3, -0.25) is 14.9 Å². The average Bonchev–Trinajstić information content (AvgIpc) is 3.33. The Balaban J connectivity index is 1.19. The number of nitrogens with one attached hydrogen (secondary N) is 1. The summed E-state index contributed by atoms with van der Waals surface area (Å²) in [5, 5.41) is 14.0. The number of hydrogen-bond donors (Lipinski definition) is 1. The molecule has 2 aliphatic rings. The zero-order chi connectivity index (χ0) is 26.6. The van der Waals surface area contributed by atoms with Crippen molar-refractivity contribution in [1.29, 1.82) is 0 Å². The number of amides is 1. The number of nitro benzene ring substituents is 1. The number of aryl methyl sites for hydroxylation is 1. The van der Waals surface area contributed by atoms with Crippen LogP contribution >= 0.6 is 0 Å². The van der Waals surface area contributed by atoms with E-state index in [1.165, 1.54) is 17.3 Å². The lowest BCUT2D eigenvalue weighted by atomic mass is 9.91. The Morgan fingerprint density at radius 3 is 2.43 bits per heavy atom. The zero-order valence-corrected chi connectivity index (χ0v) is 21.0. The molecule has 0 aromatic heterocycles. The highest BCUT2D eigenvalue weighted by Crippen LogP contribution is 2.38. The maximum Gasteiger partial charge on any atom is 0.423 e. The van der Waals surface area contributed by atoms with Crippen LogP contribution in [-0.2, 0) is 11.0 Å². The van der Waals surface area contributed by atoms with Crippen molar-refractivity contribution in [3.63, 3.8) is 0 Å². The van der Waals surface area contributed by atoms with E-state index in [1.807, 2.05) is 0 Å². The fourth-order valence-electron chi connectivity index (χ4n) is 5.29. The summed E-state index contributed by atoms with van der Waals surface area (Å²) in [5.74, 6) is 0.688. The summed E-state index contributed by atoms with van der Waals surface area (Å²) in [6.07, 6.45) is 0.350. The monoisotopic (exact) mass is 518 g/mol. The molecule has 2 saturated heterocycles. The molecule has 0 aliphatic carbocycles. The summed E-state index contributed by atoms with van der Waals surface area (Å²) in [7, 11) is 0. The molecule has 10 heteroatoms. The van der Waals surface area contributed by atoms with E-state index in [4.69, 9.17) is 0 Å². The van der Waals surface area contributed by atoms with Crippen molar-refractivity contribution in [2.24, 2.45) is 5.92 Å². The second-order valence-electron chi connectivity index (χ2n) is 10.1. The first-order valence-electron chi connectivity index (χ1n) is 12.8. The van der Waals surface area contributed by atoms with E-state index in [1.54, 1.807) is 4.90 Å². The third-order valence-corrected chi connectivity index (χ3v) is 7.43. The number of carbonyl (C=O) groups is 1. The van der Waals surface area contributed by atoms with Gasteiger partial charge in [0.05, 0.1) is 4.92 Å². The topological polar surface area (TPSA) is 78.7 Å². The second-order valence-corrected chi connectivity index (χ2v) is 10.1. The van der Waals surface area contributed by atoms with Gasteiger partial charge in [-0.1, -0.05) is 17.7 Å². The molecule has 0 saturated carbocycles. The predicted octanol–water partition coefficient (Wildman–Crippen LogP) is 6.02. The van der Waals surface area contributed by atoms with Gasteiger partial charge in [-0.2, -0.15) is 13.2 Å². The number of hydrogen-bond acceptors (Lipinski definition) is 5. The number of nitrogens with zero attached hydrogens (tertiary/aromatic N) is 3. The van der Waals surface area contributed by atoms with Crippen LogP contribution in [-0.4, -0.2) is 48.0 Å². The summed E-state index contributed by atoms with van der Waals surface area (Å²) in [5.41, 5.74) is 0.430. The number of benzene rings is 2. The van der Waals surface area contributed by atoms with Gasteiger partial charge in [0, 0.05) is 56.1 Å². The van der Waals surface area contributed by atoms with E-state index >= 15 is 0 Å². The fourth-order valence-corrected chi connectivity index (χ4v) is 5.29. The van der Waals surface area contributed by atoms with Gasteiger partial charge >= 0.3 is 6.18 Å². The van der Waals surface area contributed by atoms with Crippen molar-refractivity contribution < 1.29 is 22.9 Å². The molecule has 2 aromatic rings. The summed E-state index contributed by atoms with van der Waals surface area (Å²) in [6, 6.07) is 11.3. The SMILES string of the molecule is Cc1ccc(N2CCC(CCCC(=O)N3CC[C@@H](Nc4ccc([N+](=O)[O-])c(C(F)(F)F)c4)C3)CC2)cc1. The standard InChI is InChI=1S/C27H33F3N4O3/c1-19-5-8-23(9-6-19)32-14-11-20(12-15-32)3-2-4-26(35)33-16-13-22(18-33)31-21-7-10-25(34(36)37)24(17-21)27(28,29)30/h5-10,17,20,22,31H,2-4,11-16,18H2,1H3/t22-/m1/s1. The summed E-state index contributed by atoms with van der Waals surface area (Å²) < 4.78 is 39.7. The highest BCUT2D eigenvalue weighted by atomic mass is 19.4. The number of halogens is 3. The zero-order valence-electron chi connectivity index (χ0n) is 21.0. The van der Waals surface area contributed by atoms with Crippen molar-refractivity contribution in [1.82, 2.24) is 4.90 Å². The van der Waals surface area contributed by atoms with E-state index in [0.29, 0.717) is 31.8 Å². The molecule has 1 atom stereocenters. The Bertz CT molecular complexity index is 1100. The van der Waals surface area contributed by atoms with Crippen molar-refractivity contribution in [2.45, 2.75) is 57.7 Å². The van der Waals surface area contributed by atoms with Gasteiger partial charge < -0.3 is 15.1 Å². The number of piperidine rings is 1. The first-order chi connectivity index (χ1) is 17.6. The maximum absolute atomic E-state index is 13.2. The first-order valence-corrected chi connectivity index (χ1v) is 12.8. The minimum Gasteiger partial charge on any atom is -0.380 e. The van der Waals surface area contributed by atoms with Crippen molar-refractivity contribution in [2.75, 3.05) is 36.4 Å². The van der Waals surface area contributed by atoms with Crippen LogP contribution in [0.5, 0.6) is 0 Å². The molecule has 0 spiro atoms. The van der Waals surface area contributed by atoms with Crippen LogP contribution in [0.1, 0.15) is 49.7 Å². The van der Waals surface area contributed by atoms with E-state index in [-0.39, 0.29) is 17.6 Å². The van der Waals surface area contributed by atoms with Gasteiger partial charge in [0.25, 0.3) is 5.69 Å². The molecule has 1 N–H and O–H groups in total. The van der Waals surface area contributed by atoms with Crippen LogP contribution in [0.25, 0.3) is 0 Å². The number of nitro groups is 1.